The van der Waals surface area contributed by atoms with E-state index in [1.54, 1.807) is 0 Å². The average molecular weight is 1870 g/mol. The van der Waals surface area contributed by atoms with Gasteiger partial charge in [-0.2, -0.15) is 0 Å². The fourth-order valence-electron chi connectivity index (χ4n) is 23.4. The second kappa shape index (κ2) is 34.8. The monoisotopic (exact) mass is 1870 g/mol. The summed E-state index contributed by atoms with van der Waals surface area (Å²) in [5, 5.41) is 19.9. The Labute approximate surface area is 843 Å². The molecule has 0 radical (unpaired) electrons. The van der Waals surface area contributed by atoms with Crippen LogP contribution in [0, 0.1) is 0 Å². The molecule has 146 heavy (non-hydrogen) atoms. The molecular formula is C137H92N6O3. The highest BCUT2D eigenvalue weighted by atomic mass is 16.5. The predicted molar refractivity (Wildman–Crippen MR) is 606 cm³/mol. The van der Waals surface area contributed by atoms with Crippen molar-refractivity contribution < 1.29 is 14.2 Å². The van der Waals surface area contributed by atoms with Crippen molar-refractivity contribution in [2.24, 2.45) is 0 Å². The number of aromatic nitrogens is 6. The predicted octanol–water partition coefficient (Wildman–Crippen LogP) is 37.0. The quantitative estimate of drug-likeness (QED) is 0.107. The fourth-order valence-corrected chi connectivity index (χ4v) is 23.4. The summed E-state index contributed by atoms with van der Waals surface area (Å²) in [4.78, 5) is 14.8. The molecule has 24 aromatic carbocycles. The molecule has 3 aromatic heterocycles. The van der Waals surface area contributed by atoms with Gasteiger partial charge in [-0.3, -0.25) is 13.7 Å². The number of ether oxygens (including phenoxy) is 3. The molecule has 0 aliphatic carbocycles. The standard InChI is InChI=1S/C47H32N2O.2C45H30N2O/c1-2-44-48-40-21-12-22-42-47(40)49(44)41-26-24-34(29-43(41)50-42)33-23-25-38-39(28-33)46(35-18-11-17-32(27-35)30-13-5-3-6-14-30)37-20-10-9-19-36(37)45(38)31-15-7-4-8-16-31;1-2-42-46-38-20-11-21-40-45(38)47(42)39-25-23-31(27-41(39)48-40)30-22-24-36-37(26-30)44(33-19-10-15-28-12-6-7-16-32(28)33)35-18-9-8-17-34(35)43(36)29-13-4-3-5-14-29;1-2-42-46-38-17-10-18-40-45(38)47(42)39-24-22-32(27-41(39)48-40)31-21-23-36-37(26-31)44(33-20-19-28-11-6-7-14-30(28)25-33)35-16-9-8-15-34(35)43(36)29-12-4-3-5-13-29/h3-29H,2H2,1H3;2*3-27H,2H2,1H3. The van der Waals surface area contributed by atoms with E-state index < -0.39 is 0 Å². The Morgan fingerprint density at radius 1 is 0.171 bits per heavy atom. The largest absolute Gasteiger partial charge is 0.453 e. The van der Waals surface area contributed by atoms with E-state index in [0.717, 1.165) is 155 Å². The lowest BCUT2D eigenvalue weighted by molar-refractivity contribution is 0.474. The molecule has 0 amide bonds. The molecule has 0 unspecified atom stereocenters. The molecule has 30 rings (SSSR count). The van der Waals surface area contributed by atoms with Gasteiger partial charge in [0, 0.05) is 19.3 Å². The van der Waals surface area contributed by atoms with E-state index in [1.807, 2.05) is 36.4 Å². The van der Waals surface area contributed by atoms with Crippen molar-refractivity contribution in [3.63, 3.8) is 0 Å². The van der Waals surface area contributed by atoms with Crippen molar-refractivity contribution in [1.29, 1.82) is 0 Å². The summed E-state index contributed by atoms with van der Waals surface area (Å²) in [5.74, 6) is 8.20. The minimum Gasteiger partial charge on any atom is -0.453 e. The van der Waals surface area contributed by atoms with Crippen molar-refractivity contribution in [2.75, 3.05) is 0 Å². The topological polar surface area (TPSA) is 81.1 Å². The SMILES string of the molecule is CCc1nc2cccc3c2n1-c1ccc(-c2ccc4c(-c5ccccc5)c5ccccc5c(-c5ccc6ccccc6c5)c4c2)cc1O3.CCc1nc2cccc3c2n1-c1ccc(-c2ccc4c(-c5ccccc5)c5ccccc5c(-c5cccc(-c6ccccc6)c5)c4c2)cc1O3.CCc1nc2cccc3c2n1-c1ccc(-c2ccc4c(-c5ccccc5)c5ccccc5c(-c5cccc6ccccc56)c4c2)cc1O3. The number of hydrogen-bond acceptors (Lipinski definition) is 6. The van der Waals surface area contributed by atoms with Gasteiger partial charge in [0.15, 0.2) is 34.5 Å². The van der Waals surface area contributed by atoms with E-state index in [1.165, 1.54) is 164 Å². The van der Waals surface area contributed by atoms with Crippen LogP contribution >= 0.6 is 0 Å². The summed E-state index contributed by atoms with van der Waals surface area (Å²) < 4.78 is 26.5. The zero-order chi connectivity index (χ0) is 96.7. The molecule has 0 fully saturated rings. The smallest absolute Gasteiger partial charge is 0.153 e. The zero-order valence-corrected chi connectivity index (χ0v) is 80.5. The first-order valence-electron chi connectivity index (χ1n) is 50.5. The molecule has 6 heterocycles. The lowest BCUT2D eigenvalue weighted by atomic mass is 9.84. The molecule has 0 atom stereocenters. The minimum absolute atomic E-state index is 0.839. The molecule has 0 N–H and O–H groups in total. The number of benzene rings is 24. The molecule has 0 spiro atoms. The molecule has 3 aliphatic heterocycles. The van der Waals surface area contributed by atoms with Gasteiger partial charge >= 0.3 is 0 Å². The third kappa shape index (κ3) is 14.0. The van der Waals surface area contributed by atoms with Gasteiger partial charge in [-0.1, -0.05) is 385 Å². The molecule has 0 saturated heterocycles. The number of fused-ring (bicyclic) bond motifs is 14. The third-order valence-corrected chi connectivity index (χ3v) is 30.0. The molecule has 688 valence electrons. The van der Waals surface area contributed by atoms with E-state index >= 15 is 0 Å². The second-order valence-corrected chi connectivity index (χ2v) is 38.2. The van der Waals surface area contributed by atoms with Gasteiger partial charge in [-0.05, 0) is 301 Å². The van der Waals surface area contributed by atoms with Crippen molar-refractivity contribution in [1.82, 2.24) is 28.7 Å². The van der Waals surface area contributed by atoms with E-state index in [9.17, 15) is 0 Å². The first-order valence-corrected chi connectivity index (χ1v) is 50.5. The Kier molecular flexibility index (Phi) is 20.3. The van der Waals surface area contributed by atoms with Crippen LogP contribution in [0.15, 0.2) is 467 Å². The maximum absolute atomic E-state index is 6.58. The van der Waals surface area contributed by atoms with E-state index in [-0.39, 0.29) is 0 Å². The Bertz CT molecular complexity index is 10000. The van der Waals surface area contributed by atoms with Crippen molar-refractivity contribution in [2.45, 2.75) is 40.0 Å². The van der Waals surface area contributed by atoms with Crippen LogP contribution in [-0.2, 0) is 19.3 Å². The molecule has 0 bridgehead atoms. The molecule has 9 nitrogen and oxygen atoms in total. The van der Waals surface area contributed by atoms with Crippen LogP contribution in [-0.4, -0.2) is 28.7 Å². The minimum atomic E-state index is 0.839. The number of imidazole rings is 3. The highest BCUT2D eigenvalue weighted by Crippen LogP contribution is 2.54. The van der Waals surface area contributed by atoms with Crippen LogP contribution in [0.3, 0.4) is 0 Å². The summed E-state index contributed by atoms with van der Waals surface area (Å²) in [6.07, 6.45) is 2.52. The first-order chi connectivity index (χ1) is 72.3. The van der Waals surface area contributed by atoms with Crippen LogP contribution in [0.25, 0.3) is 248 Å². The number of aryl methyl sites for hydroxylation is 3. The maximum Gasteiger partial charge on any atom is 0.153 e. The van der Waals surface area contributed by atoms with Gasteiger partial charge in [0.05, 0.1) is 33.6 Å². The summed E-state index contributed by atoms with van der Waals surface area (Å²) in [5.41, 5.74) is 33.2. The third-order valence-electron chi connectivity index (χ3n) is 30.0. The summed E-state index contributed by atoms with van der Waals surface area (Å²) in [7, 11) is 0. The van der Waals surface area contributed by atoms with E-state index in [0.29, 0.717) is 0 Å². The van der Waals surface area contributed by atoms with Gasteiger partial charge < -0.3 is 14.2 Å². The second-order valence-electron chi connectivity index (χ2n) is 38.2. The van der Waals surface area contributed by atoms with E-state index in [2.05, 4.69) is 465 Å². The lowest BCUT2D eigenvalue weighted by Crippen LogP contribution is -2.07. The maximum atomic E-state index is 6.58. The molecule has 0 saturated carbocycles. The Balaban J connectivity index is 0.000000106. The summed E-state index contributed by atoms with van der Waals surface area (Å²) in [6.45, 7) is 6.47. The first kappa shape index (κ1) is 85.2. The highest BCUT2D eigenvalue weighted by Gasteiger charge is 2.31. The Hall–Kier alpha value is -18.8. The molecular weight excluding hydrogens is 1780 g/mol. The number of para-hydroxylation sites is 3. The Morgan fingerprint density at radius 3 is 0.849 bits per heavy atom. The van der Waals surface area contributed by atoms with Crippen LogP contribution < -0.4 is 14.2 Å². The van der Waals surface area contributed by atoms with Gasteiger partial charge in [0.25, 0.3) is 0 Å². The van der Waals surface area contributed by atoms with Gasteiger partial charge in [-0.15, -0.1) is 0 Å². The van der Waals surface area contributed by atoms with E-state index in [4.69, 9.17) is 29.2 Å². The summed E-state index contributed by atoms with van der Waals surface area (Å²) >= 11 is 0. The van der Waals surface area contributed by atoms with Crippen molar-refractivity contribution in [3.05, 3.63) is 485 Å². The average Bonchev–Trinajstić information content (AvgIpc) is 1.40. The van der Waals surface area contributed by atoms with Crippen LogP contribution in [0.1, 0.15) is 38.2 Å². The highest BCUT2D eigenvalue weighted by molar-refractivity contribution is 6.27. The summed E-state index contributed by atoms with van der Waals surface area (Å²) in [6, 6.07) is 169. The number of hydrogen-bond donors (Lipinski definition) is 0. The molecule has 3 aliphatic rings. The van der Waals surface area contributed by atoms with Gasteiger partial charge in [-0.25, -0.2) is 15.0 Å². The van der Waals surface area contributed by atoms with Gasteiger partial charge in [0.1, 0.15) is 34.0 Å². The molecule has 27 aromatic rings. The number of rotatable bonds is 13. The van der Waals surface area contributed by atoms with Crippen molar-refractivity contribution in [3.8, 4) is 163 Å². The van der Waals surface area contributed by atoms with Crippen LogP contribution in [0.4, 0.5) is 0 Å². The number of nitrogens with zero attached hydrogens (tertiary/aromatic N) is 6. The Morgan fingerprint density at radius 2 is 0.445 bits per heavy atom. The zero-order valence-electron chi connectivity index (χ0n) is 80.5. The lowest BCUT2D eigenvalue weighted by Gasteiger charge is -2.22. The fraction of sp³-hybridized carbons (Fsp3) is 0.0438. The van der Waals surface area contributed by atoms with Crippen LogP contribution in [0.5, 0.6) is 34.5 Å². The van der Waals surface area contributed by atoms with Gasteiger partial charge in [0.2, 0.25) is 0 Å². The van der Waals surface area contributed by atoms with Crippen LogP contribution in [0.2, 0.25) is 0 Å². The van der Waals surface area contributed by atoms with Crippen molar-refractivity contribution >= 4 is 119 Å². The normalized spacial score (nSPS) is 12.0. The molecule has 9 heteroatoms.